The van der Waals surface area contributed by atoms with Crippen LogP contribution in [0.2, 0.25) is 0 Å². The fourth-order valence-corrected chi connectivity index (χ4v) is 1.77. The standard InChI is InChI=1S/C19H22O.C3H6O.C2H6/c1-6-10-11-15(5)19(9-4)20-18-13-12-16(7-2)17(8-3)14-18;1-3(2)4;1-2/h7-14H,2-4,6H2,1,5H3;1-2H3;1-2H3/b11-10-,19-15+;;. The maximum absolute atomic E-state index is 9.44. The molecule has 0 saturated carbocycles. The average molecular weight is 355 g/mol. The molecule has 0 radical (unpaired) electrons. The predicted molar refractivity (Wildman–Crippen MR) is 117 cm³/mol. The lowest BCUT2D eigenvalue weighted by atomic mass is 10.1. The van der Waals surface area contributed by atoms with Gasteiger partial charge in [0.2, 0.25) is 0 Å². The van der Waals surface area contributed by atoms with Crippen LogP contribution in [0, 0.1) is 0 Å². The number of allylic oxidation sites excluding steroid dienone is 4. The van der Waals surface area contributed by atoms with E-state index in [1.165, 1.54) is 13.8 Å². The molecule has 1 aromatic carbocycles. The van der Waals surface area contributed by atoms with E-state index in [-0.39, 0.29) is 5.78 Å². The van der Waals surface area contributed by atoms with Crippen molar-refractivity contribution in [3.8, 4) is 5.75 Å². The van der Waals surface area contributed by atoms with E-state index >= 15 is 0 Å². The number of carbonyl (C=O) groups excluding carboxylic acids is 1. The van der Waals surface area contributed by atoms with Crippen molar-refractivity contribution in [3.63, 3.8) is 0 Å². The van der Waals surface area contributed by atoms with Crippen molar-refractivity contribution in [1.82, 2.24) is 0 Å². The van der Waals surface area contributed by atoms with E-state index < -0.39 is 0 Å². The van der Waals surface area contributed by atoms with Gasteiger partial charge < -0.3 is 9.53 Å². The molecule has 142 valence electrons. The van der Waals surface area contributed by atoms with E-state index in [4.69, 9.17) is 4.74 Å². The fourth-order valence-electron chi connectivity index (χ4n) is 1.77. The third kappa shape index (κ3) is 11.0. The zero-order chi connectivity index (χ0) is 20.5. The van der Waals surface area contributed by atoms with Gasteiger partial charge in [-0.3, -0.25) is 0 Å². The SMILES string of the molecule is C=C/C(Oc1ccc(C=C)c(C=C)c1)=C(C)\C=C/CC.CC.CC(C)=O. The van der Waals surface area contributed by atoms with Crippen LogP contribution in [0.3, 0.4) is 0 Å². The predicted octanol–water partition coefficient (Wildman–Crippen LogP) is 7.40. The van der Waals surface area contributed by atoms with Crippen molar-refractivity contribution in [2.75, 3.05) is 0 Å². The first kappa shape index (κ1) is 25.6. The van der Waals surface area contributed by atoms with Crippen LogP contribution in [0.5, 0.6) is 5.75 Å². The molecule has 0 N–H and O–H groups in total. The number of ketones is 1. The molecular formula is C24H34O2. The molecule has 0 spiro atoms. The Kier molecular flexibility index (Phi) is 15.7. The van der Waals surface area contributed by atoms with Crippen molar-refractivity contribution >= 4 is 17.9 Å². The van der Waals surface area contributed by atoms with E-state index in [1.54, 1.807) is 18.2 Å². The molecule has 1 rings (SSSR count). The van der Waals surface area contributed by atoms with Gasteiger partial charge in [-0.15, -0.1) is 0 Å². The smallest absolute Gasteiger partial charge is 0.129 e. The first-order valence-corrected chi connectivity index (χ1v) is 8.93. The molecule has 0 fully saturated rings. The molecule has 0 aliphatic rings. The molecule has 2 nitrogen and oxygen atoms in total. The second-order valence-corrected chi connectivity index (χ2v) is 5.27. The van der Waals surface area contributed by atoms with Gasteiger partial charge in [-0.1, -0.05) is 70.9 Å². The van der Waals surface area contributed by atoms with Crippen LogP contribution in [-0.2, 0) is 4.79 Å². The van der Waals surface area contributed by atoms with Crippen molar-refractivity contribution in [1.29, 1.82) is 0 Å². The van der Waals surface area contributed by atoms with Crippen LogP contribution < -0.4 is 4.74 Å². The molecule has 0 amide bonds. The van der Waals surface area contributed by atoms with E-state index in [0.29, 0.717) is 0 Å². The maximum Gasteiger partial charge on any atom is 0.129 e. The third-order valence-corrected chi connectivity index (χ3v) is 2.90. The zero-order valence-corrected chi connectivity index (χ0v) is 17.3. The summed E-state index contributed by atoms with van der Waals surface area (Å²) in [7, 11) is 0. The Hall–Kier alpha value is -2.61. The van der Waals surface area contributed by atoms with Gasteiger partial charge in [0, 0.05) is 0 Å². The number of hydrogen-bond donors (Lipinski definition) is 0. The summed E-state index contributed by atoms with van der Waals surface area (Å²) in [6.07, 6.45) is 10.5. The minimum absolute atomic E-state index is 0.167. The number of benzene rings is 1. The molecule has 0 heterocycles. The molecular weight excluding hydrogens is 320 g/mol. The fraction of sp³-hybridized carbons (Fsp3) is 0.292. The van der Waals surface area contributed by atoms with Crippen LogP contribution in [0.4, 0.5) is 0 Å². The summed E-state index contributed by atoms with van der Waals surface area (Å²) < 4.78 is 5.89. The van der Waals surface area contributed by atoms with Crippen LogP contribution in [0.1, 0.15) is 59.1 Å². The summed E-state index contributed by atoms with van der Waals surface area (Å²) >= 11 is 0. The Bertz CT molecular complexity index is 642. The normalized spacial score (nSPS) is 10.4. The lowest BCUT2D eigenvalue weighted by molar-refractivity contribution is -0.114. The summed E-state index contributed by atoms with van der Waals surface area (Å²) in [5.41, 5.74) is 3.09. The highest BCUT2D eigenvalue weighted by molar-refractivity contribution is 5.72. The van der Waals surface area contributed by atoms with E-state index in [1.807, 2.05) is 45.0 Å². The molecule has 0 saturated heterocycles. The van der Waals surface area contributed by atoms with Gasteiger partial charge in [-0.2, -0.15) is 0 Å². The van der Waals surface area contributed by atoms with Gasteiger partial charge in [-0.05, 0) is 62.1 Å². The topological polar surface area (TPSA) is 26.3 Å². The second kappa shape index (κ2) is 15.9. The second-order valence-electron chi connectivity index (χ2n) is 5.27. The number of Topliss-reactive ketones (excluding diaryl/α,β-unsaturated/α-hetero) is 1. The molecule has 0 aliphatic carbocycles. The van der Waals surface area contributed by atoms with Crippen molar-refractivity contribution in [2.45, 2.75) is 48.0 Å². The minimum atomic E-state index is 0.167. The van der Waals surface area contributed by atoms with Crippen LogP contribution in [0.15, 0.2) is 67.5 Å². The summed E-state index contributed by atoms with van der Waals surface area (Å²) in [6.45, 7) is 22.6. The van der Waals surface area contributed by atoms with Crippen LogP contribution >= 0.6 is 0 Å². The highest BCUT2D eigenvalue weighted by Gasteiger charge is 2.03. The lowest BCUT2D eigenvalue weighted by Crippen LogP contribution is -1.96. The molecule has 0 aromatic heterocycles. The molecule has 0 atom stereocenters. The Morgan fingerprint density at radius 3 is 2.00 bits per heavy atom. The molecule has 2 heteroatoms. The summed E-state index contributed by atoms with van der Waals surface area (Å²) in [6, 6.07) is 5.84. The number of hydrogen-bond acceptors (Lipinski definition) is 2. The lowest BCUT2D eigenvalue weighted by Gasteiger charge is -2.10. The Morgan fingerprint density at radius 1 is 1.04 bits per heavy atom. The van der Waals surface area contributed by atoms with E-state index in [9.17, 15) is 4.79 Å². The van der Waals surface area contributed by atoms with Crippen molar-refractivity contribution in [2.24, 2.45) is 0 Å². The summed E-state index contributed by atoms with van der Waals surface area (Å²) in [5, 5.41) is 0. The molecule has 1 aromatic rings. The molecule has 26 heavy (non-hydrogen) atoms. The third-order valence-electron chi connectivity index (χ3n) is 2.90. The van der Waals surface area contributed by atoms with E-state index in [2.05, 4.69) is 32.7 Å². The molecule has 0 aliphatic heterocycles. The van der Waals surface area contributed by atoms with E-state index in [0.717, 1.165) is 34.6 Å². The van der Waals surface area contributed by atoms with Gasteiger partial charge in [0.25, 0.3) is 0 Å². The minimum Gasteiger partial charge on any atom is -0.457 e. The summed E-state index contributed by atoms with van der Waals surface area (Å²) in [5.74, 6) is 1.70. The Morgan fingerprint density at radius 2 is 1.58 bits per heavy atom. The quantitative estimate of drug-likeness (QED) is 0.376. The maximum atomic E-state index is 9.44. The first-order chi connectivity index (χ1) is 12.4. The Balaban J connectivity index is 0. The van der Waals surface area contributed by atoms with Gasteiger partial charge in [-0.25, -0.2) is 0 Å². The number of carbonyl (C=O) groups is 1. The highest BCUT2D eigenvalue weighted by Crippen LogP contribution is 2.23. The largest absolute Gasteiger partial charge is 0.457 e. The number of ether oxygens (including phenoxy) is 1. The number of rotatable bonds is 7. The van der Waals surface area contributed by atoms with Crippen molar-refractivity contribution in [3.05, 3.63) is 78.6 Å². The Labute approximate surface area is 160 Å². The molecule has 0 bridgehead atoms. The van der Waals surface area contributed by atoms with Crippen molar-refractivity contribution < 1.29 is 9.53 Å². The first-order valence-electron chi connectivity index (χ1n) is 8.93. The van der Waals surface area contributed by atoms with Crippen LogP contribution in [-0.4, -0.2) is 5.78 Å². The zero-order valence-electron chi connectivity index (χ0n) is 17.3. The monoisotopic (exact) mass is 354 g/mol. The van der Waals surface area contributed by atoms with Gasteiger partial charge in [0.1, 0.15) is 17.3 Å². The van der Waals surface area contributed by atoms with Gasteiger partial charge >= 0.3 is 0 Å². The average Bonchev–Trinajstić information content (AvgIpc) is 2.65. The summed E-state index contributed by atoms with van der Waals surface area (Å²) in [4.78, 5) is 9.44. The highest BCUT2D eigenvalue weighted by atomic mass is 16.5. The van der Waals surface area contributed by atoms with Crippen LogP contribution in [0.25, 0.3) is 12.2 Å². The van der Waals surface area contributed by atoms with Gasteiger partial charge in [0.15, 0.2) is 0 Å². The molecule has 0 unspecified atom stereocenters. The van der Waals surface area contributed by atoms with Gasteiger partial charge in [0.05, 0.1) is 0 Å².